The maximum atomic E-state index is 12.8. The molecule has 4 rings (SSSR count). The largest absolute Gasteiger partial charge is 0.486 e. The molecule has 0 bridgehead atoms. The van der Waals surface area contributed by atoms with Crippen LogP contribution in [0.2, 0.25) is 0 Å². The zero-order valence-corrected chi connectivity index (χ0v) is 17.8. The van der Waals surface area contributed by atoms with Gasteiger partial charge in [0.25, 0.3) is 5.91 Å². The summed E-state index contributed by atoms with van der Waals surface area (Å²) in [6, 6.07) is 8.14. The summed E-state index contributed by atoms with van der Waals surface area (Å²) in [6.07, 6.45) is 2.10. The lowest BCUT2D eigenvalue weighted by atomic mass is 9.97. The molecular weight excluding hydrogens is 384 g/mol. The molecule has 0 radical (unpaired) electrons. The number of carbonyl (C=O) groups excluding carboxylic acids is 1. The number of thiazole rings is 1. The number of carbonyl (C=O) groups is 1. The summed E-state index contributed by atoms with van der Waals surface area (Å²) < 4.78 is 14.4. The minimum atomic E-state index is -0.151. The Morgan fingerprint density at radius 2 is 1.79 bits per heavy atom. The first-order valence-corrected chi connectivity index (χ1v) is 10.5. The number of hydrogen-bond donors (Lipinski definition) is 0. The van der Waals surface area contributed by atoms with Crippen molar-refractivity contribution in [3.05, 3.63) is 64.0 Å². The first kappa shape index (κ1) is 19.5. The molecule has 2 aromatic carbocycles. The van der Waals surface area contributed by atoms with Gasteiger partial charge in [0.15, 0.2) is 16.3 Å². The van der Waals surface area contributed by atoms with E-state index in [4.69, 9.17) is 9.47 Å². The number of rotatable bonds is 4. The predicted octanol–water partition coefficient (Wildman–Crippen LogP) is 4.26. The second-order valence-corrected chi connectivity index (χ2v) is 8.32. The maximum absolute atomic E-state index is 12.8. The van der Waals surface area contributed by atoms with Gasteiger partial charge in [0.05, 0.1) is 16.6 Å². The minimum Gasteiger partial charge on any atom is -0.486 e. The molecule has 0 spiro atoms. The van der Waals surface area contributed by atoms with E-state index in [1.54, 1.807) is 6.08 Å². The van der Waals surface area contributed by atoms with Gasteiger partial charge in [-0.25, -0.2) is 0 Å². The molecule has 0 unspecified atom stereocenters. The summed E-state index contributed by atoms with van der Waals surface area (Å²) >= 11 is 1.48. The number of aryl methyl sites for hydroxylation is 3. The average Bonchev–Trinajstić information content (AvgIpc) is 2.99. The third-order valence-corrected chi connectivity index (χ3v) is 6.09. The van der Waals surface area contributed by atoms with Gasteiger partial charge >= 0.3 is 0 Å². The van der Waals surface area contributed by atoms with Crippen molar-refractivity contribution in [2.45, 2.75) is 33.7 Å². The SMILES string of the molecule is C=CCn1c(=NC(=O)Cc2c(C)cc(C)cc2C)sc2cc3c(cc21)OCCO3. The van der Waals surface area contributed by atoms with Crippen LogP contribution in [0.15, 0.2) is 41.9 Å². The highest BCUT2D eigenvalue weighted by Gasteiger charge is 2.17. The first-order chi connectivity index (χ1) is 14.0. The molecule has 1 aromatic heterocycles. The van der Waals surface area contributed by atoms with Gasteiger partial charge in [0, 0.05) is 18.7 Å². The van der Waals surface area contributed by atoms with Gasteiger partial charge in [-0.15, -0.1) is 6.58 Å². The lowest BCUT2D eigenvalue weighted by molar-refractivity contribution is -0.117. The van der Waals surface area contributed by atoms with E-state index in [0.717, 1.165) is 38.4 Å². The van der Waals surface area contributed by atoms with Crippen molar-refractivity contribution in [1.82, 2.24) is 4.57 Å². The van der Waals surface area contributed by atoms with Crippen LogP contribution >= 0.6 is 11.3 Å². The van der Waals surface area contributed by atoms with Crippen LogP contribution in [0.3, 0.4) is 0 Å². The fourth-order valence-corrected chi connectivity index (χ4v) is 4.85. The quantitative estimate of drug-likeness (QED) is 0.606. The molecule has 2 heterocycles. The summed E-state index contributed by atoms with van der Waals surface area (Å²) in [7, 11) is 0. The van der Waals surface area contributed by atoms with Crippen molar-refractivity contribution in [2.75, 3.05) is 13.2 Å². The number of benzene rings is 2. The normalized spacial score (nSPS) is 13.7. The summed E-state index contributed by atoms with van der Waals surface area (Å²) in [6.45, 7) is 11.7. The predicted molar refractivity (Wildman–Crippen MR) is 116 cm³/mol. The number of allylic oxidation sites excluding steroid dienone is 1. The smallest absolute Gasteiger partial charge is 0.252 e. The lowest BCUT2D eigenvalue weighted by Gasteiger charge is -2.18. The molecule has 0 atom stereocenters. The zero-order chi connectivity index (χ0) is 20.5. The van der Waals surface area contributed by atoms with Gasteiger partial charge < -0.3 is 14.0 Å². The molecule has 1 amide bonds. The second-order valence-electron chi connectivity index (χ2n) is 7.31. The summed E-state index contributed by atoms with van der Waals surface area (Å²) in [5.41, 5.74) is 5.48. The van der Waals surface area contributed by atoms with E-state index in [9.17, 15) is 4.79 Å². The topological polar surface area (TPSA) is 52.8 Å². The highest BCUT2D eigenvalue weighted by Crippen LogP contribution is 2.35. The van der Waals surface area contributed by atoms with E-state index in [0.29, 0.717) is 31.0 Å². The van der Waals surface area contributed by atoms with E-state index in [1.807, 2.05) is 30.5 Å². The Hall–Kier alpha value is -2.86. The molecular formula is C23H24N2O3S. The number of aromatic nitrogens is 1. The van der Waals surface area contributed by atoms with Crippen LogP contribution in [0, 0.1) is 20.8 Å². The fraction of sp³-hybridized carbons (Fsp3) is 0.304. The van der Waals surface area contributed by atoms with Gasteiger partial charge in [0.1, 0.15) is 13.2 Å². The Bertz CT molecular complexity index is 1160. The zero-order valence-electron chi connectivity index (χ0n) is 16.9. The molecule has 150 valence electrons. The summed E-state index contributed by atoms with van der Waals surface area (Å²) in [5, 5.41) is 0. The highest BCUT2D eigenvalue weighted by atomic mass is 32.1. The van der Waals surface area contributed by atoms with Crippen LogP contribution in [-0.4, -0.2) is 23.7 Å². The van der Waals surface area contributed by atoms with Crippen molar-refractivity contribution in [3.63, 3.8) is 0 Å². The van der Waals surface area contributed by atoms with E-state index in [1.165, 1.54) is 16.9 Å². The van der Waals surface area contributed by atoms with E-state index in [-0.39, 0.29) is 5.91 Å². The van der Waals surface area contributed by atoms with Crippen LogP contribution in [0.5, 0.6) is 11.5 Å². The molecule has 0 saturated heterocycles. The number of ether oxygens (including phenoxy) is 2. The first-order valence-electron chi connectivity index (χ1n) is 9.64. The number of nitrogens with zero attached hydrogens (tertiary/aromatic N) is 2. The highest BCUT2D eigenvalue weighted by molar-refractivity contribution is 7.16. The van der Waals surface area contributed by atoms with E-state index >= 15 is 0 Å². The molecule has 5 nitrogen and oxygen atoms in total. The molecule has 6 heteroatoms. The third kappa shape index (κ3) is 3.85. The van der Waals surface area contributed by atoms with Gasteiger partial charge in [-0.05, 0) is 37.5 Å². The molecule has 0 N–H and O–H groups in total. The van der Waals surface area contributed by atoms with Crippen LogP contribution in [0.1, 0.15) is 22.3 Å². The molecule has 0 aliphatic carbocycles. The Morgan fingerprint density at radius 3 is 2.45 bits per heavy atom. The fourth-order valence-electron chi connectivity index (χ4n) is 3.78. The Morgan fingerprint density at radius 1 is 1.14 bits per heavy atom. The molecule has 0 saturated carbocycles. The number of hydrogen-bond acceptors (Lipinski definition) is 4. The van der Waals surface area contributed by atoms with Gasteiger partial charge in [0.2, 0.25) is 0 Å². The monoisotopic (exact) mass is 408 g/mol. The molecule has 1 aliphatic rings. The summed E-state index contributed by atoms with van der Waals surface area (Å²) in [4.78, 5) is 17.9. The molecule has 3 aromatic rings. The van der Waals surface area contributed by atoms with Gasteiger partial charge in [-0.2, -0.15) is 4.99 Å². The van der Waals surface area contributed by atoms with Crippen molar-refractivity contribution in [2.24, 2.45) is 4.99 Å². The Balaban J connectivity index is 1.76. The van der Waals surface area contributed by atoms with E-state index < -0.39 is 0 Å². The molecule has 1 aliphatic heterocycles. The van der Waals surface area contributed by atoms with Gasteiger partial charge in [-0.3, -0.25) is 4.79 Å². The molecule has 29 heavy (non-hydrogen) atoms. The van der Waals surface area contributed by atoms with Crippen molar-refractivity contribution in [3.8, 4) is 11.5 Å². The number of fused-ring (bicyclic) bond motifs is 2. The van der Waals surface area contributed by atoms with E-state index in [2.05, 4.69) is 30.6 Å². The maximum Gasteiger partial charge on any atom is 0.252 e. The van der Waals surface area contributed by atoms with Crippen LogP contribution in [0.4, 0.5) is 0 Å². The van der Waals surface area contributed by atoms with Gasteiger partial charge in [-0.1, -0.05) is 35.1 Å². The van der Waals surface area contributed by atoms with Crippen LogP contribution in [0.25, 0.3) is 10.2 Å². The summed E-state index contributed by atoms with van der Waals surface area (Å²) in [5.74, 6) is 1.31. The van der Waals surface area contributed by atoms with Crippen LogP contribution < -0.4 is 14.3 Å². The van der Waals surface area contributed by atoms with Crippen LogP contribution in [-0.2, 0) is 17.8 Å². The van der Waals surface area contributed by atoms with Crippen molar-refractivity contribution >= 4 is 27.5 Å². The second kappa shape index (κ2) is 7.87. The van der Waals surface area contributed by atoms with Crippen molar-refractivity contribution in [1.29, 1.82) is 0 Å². The Kier molecular flexibility index (Phi) is 5.28. The number of amides is 1. The average molecular weight is 409 g/mol. The lowest BCUT2D eigenvalue weighted by Crippen LogP contribution is -2.18. The Labute approximate surface area is 173 Å². The van der Waals surface area contributed by atoms with Crippen molar-refractivity contribution < 1.29 is 14.3 Å². The standard InChI is InChI=1S/C23H24N2O3S/c1-5-6-25-18-12-19-20(28-8-7-27-19)13-21(18)29-23(25)24-22(26)11-17-15(3)9-14(2)10-16(17)4/h5,9-10,12-13H,1,6-8,11H2,2-4H3. The molecule has 0 fully saturated rings. The third-order valence-electron chi connectivity index (χ3n) is 5.05. The minimum absolute atomic E-state index is 0.151.